The molecule has 30 heavy (non-hydrogen) atoms. The molecular formula is C20H21F3N4O3. The van der Waals surface area contributed by atoms with E-state index in [0.717, 1.165) is 5.56 Å². The number of carbonyl (C=O) groups is 1. The topological polar surface area (TPSA) is 89.3 Å². The number of aliphatic hydroxyl groups is 1. The van der Waals surface area contributed by atoms with E-state index in [1.54, 1.807) is 41.2 Å². The van der Waals surface area contributed by atoms with Gasteiger partial charge in [-0.3, -0.25) is 14.5 Å². The molecule has 3 rings (SSSR count). The molecule has 0 aliphatic carbocycles. The number of ether oxygens (including phenoxy) is 1. The molecule has 0 saturated carbocycles. The first-order chi connectivity index (χ1) is 14.4. The van der Waals surface area contributed by atoms with Gasteiger partial charge in [0.15, 0.2) is 0 Å². The number of aliphatic hydroxyl groups excluding tert-OH is 1. The van der Waals surface area contributed by atoms with Crippen molar-refractivity contribution in [2.24, 2.45) is 0 Å². The number of pyridine rings is 1. The van der Waals surface area contributed by atoms with Crippen molar-refractivity contribution in [2.45, 2.75) is 25.7 Å². The van der Waals surface area contributed by atoms with E-state index >= 15 is 0 Å². The minimum absolute atomic E-state index is 0.0108. The number of alkyl halides is 3. The Morgan fingerprint density at radius 1 is 1.17 bits per heavy atom. The maximum Gasteiger partial charge on any atom is 0.411 e. The average molecular weight is 422 g/mol. The molecule has 0 unspecified atom stereocenters. The van der Waals surface area contributed by atoms with E-state index in [-0.39, 0.29) is 24.8 Å². The van der Waals surface area contributed by atoms with Crippen LogP contribution in [0.5, 0.6) is 0 Å². The summed E-state index contributed by atoms with van der Waals surface area (Å²) in [6.07, 6.45) is -0.649. The summed E-state index contributed by atoms with van der Waals surface area (Å²) in [6.45, 7) is -0.641. The Labute approximate surface area is 170 Å². The van der Waals surface area contributed by atoms with Gasteiger partial charge in [-0.25, -0.2) is 0 Å². The number of fused-ring (bicyclic) bond motifs is 1. The fourth-order valence-corrected chi connectivity index (χ4v) is 2.83. The van der Waals surface area contributed by atoms with Gasteiger partial charge >= 0.3 is 6.18 Å². The molecule has 1 amide bonds. The number of amides is 1. The lowest BCUT2D eigenvalue weighted by atomic mass is 10.1. The van der Waals surface area contributed by atoms with Gasteiger partial charge in [0.1, 0.15) is 12.3 Å². The van der Waals surface area contributed by atoms with Crippen LogP contribution < -0.4 is 5.32 Å². The van der Waals surface area contributed by atoms with E-state index in [4.69, 9.17) is 5.11 Å². The number of rotatable bonds is 9. The zero-order valence-electron chi connectivity index (χ0n) is 16.0. The number of benzene rings is 1. The Bertz CT molecular complexity index is 987. The molecule has 0 bridgehead atoms. The minimum atomic E-state index is -4.34. The van der Waals surface area contributed by atoms with Crippen molar-refractivity contribution in [3.63, 3.8) is 0 Å². The zero-order chi connectivity index (χ0) is 21.6. The lowest BCUT2D eigenvalue weighted by Crippen LogP contribution is -2.26. The fourth-order valence-electron chi connectivity index (χ4n) is 2.83. The fraction of sp³-hybridized carbons (Fsp3) is 0.350. The summed E-state index contributed by atoms with van der Waals surface area (Å²) in [6, 6.07) is 8.70. The van der Waals surface area contributed by atoms with Crippen LogP contribution in [0.2, 0.25) is 0 Å². The van der Waals surface area contributed by atoms with Crippen molar-refractivity contribution in [1.82, 2.24) is 20.1 Å². The van der Waals surface area contributed by atoms with Crippen molar-refractivity contribution in [3.05, 3.63) is 59.5 Å². The molecule has 1 aromatic carbocycles. The Morgan fingerprint density at radius 2 is 1.90 bits per heavy atom. The van der Waals surface area contributed by atoms with Crippen molar-refractivity contribution >= 4 is 16.8 Å². The Morgan fingerprint density at radius 3 is 2.60 bits per heavy atom. The number of hydrogen-bond donors (Lipinski definition) is 2. The molecule has 2 heterocycles. The molecule has 0 spiro atoms. The van der Waals surface area contributed by atoms with Gasteiger partial charge in [0.2, 0.25) is 0 Å². The highest BCUT2D eigenvalue weighted by Gasteiger charge is 2.27. The molecule has 10 heteroatoms. The average Bonchev–Trinajstić information content (AvgIpc) is 3.11. The molecule has 160 valence electrons. The van der Waals surface area contributed by atoms with Gasteiger partial charge in [-0.2, -0.15) is 18.3 Å². The second-order valence-corrected chi connectivity index (χ2v) is 6.68. The molecule has 0 fully saturated rings. The lowest BCUT2D eigenvalue weighted by molar-refractivity contribution is -0.176. The van der Waals surface area contributed by atoms with E-state index in [2.05, 4.69) is 20.1 Å². The van der Waals surface area contributed by atoms with Crippen molar-refractivity contribution in [3.8, 4) is 0 Å². The van der Waals surface area contributed by atoms with Crippen LogP contribution in [-0.4, -0.2) is 51.7 Å². The van der Waals surface area contributed by atoms with Crippen molar-refractivity contribution in [1.29, 1.82) is 0 Å². The van der Waals surface area contributed by atoms with Gasteiger partial charge in [0, 0.05) is 25.5 Å². The van der Waals surface area contributed by atoms with Crippen LogP contribution in [0.4, 0.5) is 13.2 Å². The van der Waals surface area contributed by atoms with E-state index in [1.807, 2.05) is 0 Å². The van der Waals surface area contributed by atoms with Crippen LogP contribution >= 0.6 is 0 Å². The number of nitrogens with one attached hydrogen (secondary N) is 1. The van der Waals surface area contributed by atoms with Gasteiger partial charge in [-0.05, 0) is 23.6 Å². The quantitative estimate of drug-likeness (QED) is 0.518. The summed E-state index contributed by atoms with van der Waals surface area (Å²) < 4.78 is 42.7. The lowest BCUT2D eigenvalue weighted by Gasteiger charge is -2.08. The second kappa shape index (κ2) is 9.68. The SMILES string of the molecule is O=C(NCCCO)c1nccc2nn(Cc3ccc(COCC(F)(F)F)cc3)cc12. The second-order valence-electron chi connectivity index (χ2n) is 6.68. The summed E-state index contributed by atoms with van der Waals surface area (Å²) in [7, 11) is 0. The highest BCUT2D eigenvalue weighted by atomic mass is 19.4. The summed E-state index contributed by atoms with van der Waals surface area (Å²) in [4.78, 5) is 16.5. The number of hydrogen-bond acceptors (Lipinski definition) is 5. The normalized spacial score (nSPS) is 11.7. The first kappa shape index (κ1) is 21.7. The van der Waals surface area contributed by atoms with E-state index < -0.39 is 12.8 Å². The van der Waals surface area contributed by atoms with Crippen molar-refractivity contribution < 1.29 is 27.8 Å². The molecule has 0 radical (unpaired) electrons. The predicted molar refractivity (Wildman–Crippen MR) is 103 cm³/mol. The smallest absolute Gasteiger partial charge is 0.396 e. The third-order valence-electron chi connectivity index (χ3n) is 4.22. The maximum atomic E-state index is 12.3. The first-order valence-corrected chi connectivity index (χ1v) is 9.29. The van der Waals surface area contributed by atoms with Crippen LogP contribution in [0.15, 0.2) is 42.7 Å². The molecule has 0 saturated heterocycles. The summed E-state index contributed by atoms with van der Waals surface area (Å²) in [5.74, 6) is -0.336. The van der Waals surface area contributed by atoms with E-state index in [9.17, 15) is 18.0 Å². The molecule has 3 aromatic rings. The van der Waals surface area contributed by atoms with Crippen LogP contribution in [0, 0.1) is 0 Å². The molecule has 2 N–H and O–H groups in total. The Hall–Kier alpha value is -2.98. The van der Waals surface area contributed by atoms with Gasteiger partial charge in [-0.1, -0.05) is 24.3 Å². The van der Waals surface area contributed by atoms with Crippen LogP contribution in [0.3, 0.4) is 0 Å². The predicted octanol–water partition coefficient (Wildman–Crippen LogP) is 2.67. The highest BCUT2D eigenvalue weighted by Crippen LogP contribution is 2.18. The summed E-state index contributed by atoms with van der Waals surface area (Å²) >= 11 is 0. The number of nitrogens with zero attached hydrogens (tertiary/aromatic N) is 3. The Balaban J connectivity index is 1.66. The first-order valence-electron chi connectivity index (χ1n) is 9.29. The third-order valence-corrected chi connectivity index (χ3v) is 4.22. The molecule has 0 atom stereocenters. The summed E-state index contributed by atoms with van der Waals surface area (Å²) in [5.41, 5.74) is 2.41. The van der Waals surface area contributed by atoms with E-state index in [1.165, 1.54) is 6.20 Å². The largest absolute Gasteiger partial charge is 0.411 e. The van der Waals surface area contributed by atoms with Gasteiger partial charge < -0.3 is 15.2 Å². The highest BCUT2D eigenvalue weighted by molar-refractivity contribution is 6.04. The maximum absolute atomic E-state index is 12.3. The molecular weight excluding hydrogens is 401 g/mol. The number of halogens is 3. The monoisotopic (exact) mass is 422 g/mol. The van der Waals surface area contributed by atoms with Crippen LogP contribution in [0.25, 0.3) is 10.9 Å². The summed E-state index contributed by atoms with van der Waals surface area (Å²) in [5, 5.41) is 16.6. The van der Waals surface area contributed by atoms with Crippen molar-refractivity contribution in [2.75, 3.05) is 19.8 Å². The van der Waals surface area contributed by atoms with Crippen LogP contribution in [-0.2, 0) is 17.9 Å². The standard InChI is InChI=1S/C20H21F3N4O3/c21-20(22,23)13-30-12-15-4-2-14(3-5-15)10-27-11-16-17(26-27)6-8-24-18(16)19(29)25-7-1-9-28/h2-6,8,11,28H,1,7,9-10,12-13H2,(H,25,29). The van der Waals surface area contributed by atoms with Gasteiger partial charge in [0.25, 0.3) is 5.91 Å². The van der Waals surface area contributed by atoms with Gasteiger partial charge in [-0.15, -0.1) is 0 Å². The third kappa shape index (κ3) is 6.01. The molecule has 0 aliphatic heterocycles. The number of aromatic nitrogens is 3. The zero-order valence-corrected chi connectivity index (χ0v) is 16.0. The molecule has 2 aromatic heterocycles. The van der Waals surface area contributed by atoms with Crippen LogP contribution in [0.1, 0.15) is 28.0 Å². The molecule has 7 nitrogen and oxygen atoms in total. The number of carbonyl (C=O) groups excluding carboxylic acids is 1. The Kier molecular flexibility index (Phi) is 7.01. The minimum Gasteiger partial charge on any atom is -0.396 e. The van der Waals surface area contributed by atoms with Gasteiger partial charge in [0.05, 0.1) is 24.1 Å². The van der Waals surface area contributed by atoms with E-state index in [0.29, 0.717) is 36.0 Å². The molecule has 0 aliphatic rings.